The molecule has 1 heterocycles. The van der Waals surface area contributed by atoms with Crippen molar-refractivity contribution >= 4 is 17.4 Å². The normalized spacial score (nSPS) is 11.2. The number of hydrogen-bond donors (Lipinski definition) is 1. The Kier molecular flexibility index (Phi) is 4.19. The van der Waals surface area contributed by atoms with E-state index in [4.69, 9.17) is 16.3 Å². The molecule has 2 aromatic rings. The lowest BCUT2D eigenvalue weighted by atomic mass is 10.1. The Balaban J connectivity index is 2.19. The lowest BCUT2D eigenvalue weighted by Crippen LogP contribution is -2.26. The number of benzene rings is 1. The zero-order valence-electron chi connectivity index (χ0n) is 12.2. The molecule has 0 aliphatic carbocycles. The van der Waals surface area contributed by atoms with Crippen LogP contribution in [-0.2, 0) is 0 Å². The number of nitrogens with one attached hydrogen (secondary N) is 1. The van der Waals surface area contributed by atoms with E-state index in [9.17, 15) is 0 Å². The van der Waals surface area contributed by atoms with Gasteiger partial charge in [0.05, 0.1) is 5.02 Å². The van der Waals surface area contributed by atoms with Gasteiger partial charge in [-0.15, -0.1) is 0 Å². The molecule has 0 saturated heterocycles. The van der Waals surface area contributed by atoms with Gasteiger partial charge in [0.25, 0.3) is 0 Å². The minimum Gasteiger partial charge on any atom is -0.437 e. The van der Waals surface area contributed by atoms with E-state index < -0.39 is 0 Å². The highest BCUT2D eigenvalue weighted by molar-refractivity contribution is 6.32. The smallest absolute Gasteiger partial charge is 0.221 e. The van der Waals surface area contributed by atoms with Gasteiger partial charge < -0.3 is 10.1 Å². The predicted octanol–water partition coefficient (Wildman–Crippen LogP) is 5.05. The third-order valence-corrected chi connectivity index (χ3v) is 2.82. The third-order valence-electron chi connectivity index (χ3n) is 2.53. The Morgan fingerprint density at radius 3 is 2.55 bits per heavy atom. The van der Waals surface area contributed by atoms with E-state index in [1.54, 1.807) is 0 Å². The summed E-state index contributed by atoms with van der Waals surface area (Å²) in [5.74, 6) is 1.90. The number of pyridine rings is 1. The lowest BCUT2D eigenvalue weighted by molar-refractivity contribution is 0.463. The fourth-order valence-corrected chi connectivity index (χ4v) is 2.00. The van der Waals surface area contributed by atoms with Crippen LogP contribution in [0.1, 0.15) is 26.3 Å². The molecule has 4 heteroatoms. The molecule has 0 aliphatic rings. The molecule has 0 spiro atoms. The molecule has 0 atom stereocenters. The number of ether oxygens (including phenoxy) is 1. The minimum atomic E-state index is -0.0485. The fourth-order valence-electron chi connectivity index (χ4n) is 1.73. The summed E-state index contributed by atoms with van der Waals surface area (Å²) in [4.78, 5) is 4.42. The monoisotopic (exact) mass is 290 g/mol. The van der Waals surface area contributed by atoms with E-state index in [0.29, 0.717) is 16.7 Å². The Hall–Kier alpha value is -1.74. The Morgan fingerprint density at radius 2 is 1.90 bits per heavy atom. The van der Waals surface area contributed by atoms with Crippen molar-refractivity contribution in [3.8, 4) is 11.6 Å². The van der Waals surface area contributed by atoms with Crippen LogP contribution in [-0.4, -0.2) is 10.5 Å². The number of hydrogen-bond acceptors (Lipinski definition) is 3. The summed E-state index contributed by atoms with van der Waals surface area (Å²) in [6, 6.07) is 11.3. The van der Waals surface area contributed by atoms with Crippen LogP contribution in [0.15, 0.2) is 36.4 Å². The summed E-state index contributed by atoms with van der Waals surface area (Å²) in [6.45, 7) is 8.24. The number of halogens is 1. The van der Waals surface area contributed by atoms with Gasteiger partial charge in [-0.1, -0.05) is 23.7 Å². The SMILES string of the molecule is Cc1ccc(Oc2cccc(NC(C)(C)C)n2)c(Cl)c1. The summed E-state index contributed by atoms with van der Waals surface area (Å²) in [5.41, 5.74) is 1.05. The summed E-state index contributed by atoms with van der Waals surface area (Å²) in [6.07, 6.45) is 0. The maximum Gasteiger partial charge on any atom is 0.221 e. The molecule has 1 aromatic heterocycles. The second-order valence-corrected chi connectivity index (χ2v) is 6.18. The largest absolute Gasteiger partial charge is 0.437 e. The number of anilines is 1. The van der Waals surface area contributed by atoms with Gasteiger partial charge in [0.1, 0.15) is 11.6 Å². The van der Waals surface area contributed by atoms with Gasteiger partial charge in [-0.2, -0.15) is 4.98 Å². The van der Waals surface area contributed by atoms with E-state index in [1.807, 2.05) is 43.3 Å². The van der Waals surface area contributed by atoms with Gasteiger partial charge in [-0.25, -0.2) is 0 Å². The second-order valence-electron chi connectivity index (χ2n) is 5.77. The van der Waals surface area contributed by atoms with Gasteiger partial charge >= 0.3 is 0 Å². The third kappa shape index (κ3) is 4.14. The minimum absolute atomic E-state index is 0.0485. The fraction of sp³-hybridized carbons (Fsp3) is 0.312. The van der Waals surface area contributed by atoms with Crippen molar-refractivity contribution in [2.75, 3.05) is 5.32 Å². The van der Waals surface area contributed by atoms with Crippen molar-refractivity contribution < 1.29 is 4.74 Å². The van der Waals surface area contributed by atoms with Crippen LogP contribution in [0, 0.1) is 6.92 Å². The van der Waals surface area contributed by atoms with Gasteiger partial charge in [0, 0.05) is 11.6 Å². The first kappa shape index (κ1) is 14.7. The summed E-state index contributed by atoms with van der Waals surface area (Å²) < 4.78 is 5.74. The first-order valence-corrected chi connectivity index (χ1v) is 6.90. The molecule has 1 aromatic carbocycles. The quantitative estimate of drug-likeness (QED) is 0.859. The molecular weight excluding hydrogens is 272 g/mol. The van der Waals surface area contributed by atoms with Gasteiger partial charge in [0.15, 0.2) is 0 Å². The van der Waals surface area contributed by atoms with E-state index in [2.05, 4.69) is 31.1 Å². The average Bonchev–Trinajstić information content (AvgIpc) is 2.31. The van der Waals surface area contributed by atoms with Crippen molar-refractivity contribution in [3.63, 3.8) is 0 Å². The maximum atomic E-state index is 6.16. The van der Waals surface area contributed by atoms with E-state index in [1.165, 1.54) is 0 Å². The van der Waals surface area contributed by atoms with Crippen molar-refractivity contribution in [2.45, 2.75) is 33.2 Å². The van der Waals surface area contributed by atoms with Gasteiger partial charge in [-0.3, -0.25) is 0 Å². The van der Waals surface area contributed by atoms with E-state index in [-0.39, 0.29) is 5.54 Å². The molecule has 2 rings (SSSR count). The van der Waals surface area contributed by atoms with Crippen LogP contribution < -0.4 is 10.1 Å². The number of aryl methyl sites for hydroxylation is 1. The zero-order chi connectivity index (χ0) is 14.8. The molecule has 0 unspecified atom stereocenters. The first-order valence-electron chi connectivity index (χ1n) is 6.53. The maximum absolute atomic E-state index is 6.16. The zero-order valence-corrected chi connectivity index (χ0v) is 13.0. The number of nitrogens with zero attached hydrogens (tertiary/aromatic N) is 1. The van der Waals surface area contributed by atoms with E-state index in [0.717, 1.165) is 11.4 Å². The topological polar surface area (TPSA) is 34.1 Å². The molecule has 106 valence electrons. The molecule has 0 fully saturated rings. The Bertz CT molecular complexity index is 606. The van der Waals surface area contributed by atoms with Gasteiger partial charge in [0.2, 0.25) is 5.88 Å². The van der Waals surface area contributed by atoms with Gasteiger partial charge in [-0.05, 0) is 51.5 Å². The highest BCUT2D eigenvalue weighted by atomic mass is 35.5. The number of aromatic nitrogens is 1. The molecule has 0 amide bonds. The molecule has 1 N–H and O–H groups in total. The van der Waals surface area contributed by atoms with Crippen molar-refractivity contribution in [2.24, 2.45) is 0 Å². The molecule has 20 heavy (non-hydrogen) atoms. The van der Waals surface area contributed by atoms with Crippen LogP contribution in [0.25, 0.3) is 0 Å². The van der Waals surface area contributed by atoms with Crippen LogP contribution in [0.4, 0.5) is 5.82 Å². The summed E-state index contributed by atoms with van der Waals surface area (Å²) >= 11 is 6.16. The van der Waals surface area contributed by atoms with Crippen LogP contribution in [0.5, 0.6) is 11.6 Å². The Morgan fingerprint density at radius 1 is 1.15 bits per heavy atom. The summed E-state index contributed by atoms with van der Waals surface area (Å²) in [5, 5.41) is 3.89. The lowest BCUT2D eigenvalue weighted by Gasteiger charge is -2.21. The van der Waals surface area contributed by atoms with Crippen LogP contribution in [0.3, 0.4) is 0 Å². The van der Waals surface area contributed by atoms with Crippen LogP contribution in [0.2, 0.25) is 5.02 Å². The predicted molar refractivity (Wildman–Crippen MR) is 83.9 cm³/mol. The standard InChI is InChI=1S/C16H19ClN2O/c1-11-8-9-13(12(17)10-11)20-15-7-5-6-14(18-15)19-16(2,3)4/h5-10H,1-4H3,(H,18,19). The first-order chi connectivity index (χ1) is 9.33. The molecule has 0 aliphatic heterocycles. The molecule has 0 saturated carbocycles. The molecule has 0 bridgehead atoms. The van der Waals surface area contributed by atoms with Crippen molar-refractivity contribution in [3.05, 3.63) is 47.0 Å². The molecular formula is C16H19ClN2O. The second kappa shape index (κ2) is 5.71. The number of rotatable bonds is 3. The van der Waals surface area contributed by atoms with E-state index >= 15 is 0 Å². The highest BCUT2D eigenvalue weighted by Gasteiger charge is 2.11. The Labute approximate surface area is 124 Å². The van der Waals surface area contributed by atoms with Crippen molar-refractivity contribution in [1.82, 2.24) is 4.98 Å². The highest BCUT2D eigenvalue weighted by Crippen LogP contribution is 2.29. The molecule has 0 radical (unpaired) electrons. The van der Waals surface area contributed by atoms with Crippen LogP contribution >= 0.6 is 11.6 Å². The summed E-state index contributed by atoms with van der Waals surface area (Å²) in [7, 11) is 0. The van der Waals surface area contributed by atoms with Crippen molar-refractivity contribution in [1.29, 1.82) is 0 Å². The molecule has 3 nitrogen and oxygen atoms in total. The average molecular weight is 291 g/mol.